The third kappa shape index (κ3) is 4.10. The first-order valence-corrected chi connectivity index (χ1v) is 6.59. The van der Waals surface area contributed by atoms with Crippen molar-refractivity contribution < 1.29 is 4.74 Å². The van der Waals surface area contributed by atoms with Crippen molar-refractivity contribution in [3.63, 3.8) is 0 Å². The maximum Gasteiger partial charge on any atom is 0.121 e. The number of nitrogens with zero attached hydrogens (tertiary/aromatic N) is 2. The van der Waals surface area contributed by atoms with Crippen LogP contribution in [0.2, 0.25) is 0 Å². The van der Waals surface area contributed by atoms with E-state index in [1.807, 2.05) is 24.8 Å². The zero-order valence-electron chi connectivity index (χ0n) is 11.6. The van der Waals surface area contributed by atoms with Crippen LogP contribution in [0.4, 0.5) is 0 Å². The van der Waals surface area contributed by atoms with Gasteiger partial charge in [-0.1, -0.05) is 12.1 Å². The molecule has 1 heterocycles. The number of nitrogens with one attached hydrogen (secondary N) is 1. The summed E-state index contributed by atoms with van der Waals surface area (Å²) in [6.07, 6.45) is 6.76. The first-order valence-electron chi connectivity index (χ1n) is 6.59. The number of rotatable bonds is 7. The maximum atomic E-state index is 5.26. The van der Waals surface area contributed by atoms with Gasteiger partial charge < -0.3 is 14.6 Å². The molecule has 0 unspecified atom stereocenters. The molecule has 2 aromatic rings. The van der Waals surface area contributed by atoms with Gasteiger partial charge in [-0.15, -0.1) is 0 Å². The van der Waals surface area contributed by atoms with Gasteiger partial charge in [0.15, 0.2) is 0 Å². The second kappa shape index (κ2) is 6.95. The Bertz CT molecular complexity index is 494. The average Bonchev–Trinajstić information content (AvgIpc) is 2.92. The van der Waals surface area contributed by atoms with E-state index in [0.29, 0.717) is 0 Å². The number of aromatic nitrogens is 2. The highest BCUT2D eigenvalue weighted by Gasteiger charge is 1.99. The van der Waals surface area contributed by atoms with Gasteiger partial charge in [-0.3, -0.25) is 0 Å². The summed E-state index contributed by atoms with van der Waals surface area (Å²) in [6.45, 7) is 4.98. The van der Waals surface area contributed by atoms with Crippen LogP contribution in [-0.4, -0.2) is 23.2 Å². The zero-order valence-corrected chi connectivity index (χ0v) is 11.6. The van der Waals surface area contributed by atoms with Crippen LogP contribution in [0.3, 0.4) is 0 Å². The first kappa shape index (κ1) is 13.6. The van der Waals surface area contributed by atoms with Gasteiger partial charge in [0, 0.05) is 25.5 Å². The highest BCUT2D eigenvalue weighted by Crippen LogP contribution is 2.18. The molecule has 4 heteroatoms. The second-order valence-corrected chi connectivity index (χ2v) is 4.63. The van der Waals surface area contributed by atoms with Crippen LogP contribution in [0.5, 0.6) is 5.75 Å². The summed E-state index contributed by atoms with van der Waals surface area (Å²) in [6, 6.07) is 6.30. The van der Waals surface area contributed by atoms with E-state index < -0.39 is 0 Å². The van der Waals surface area contributed by atoms with Crippen molar-refractivity contribution in [3.8, 4) is 5.75 Å². The molecular formula is C15H21N3O. The topological polar surface area (TPSA) is 39.1 Å². The van der Waals surface area contributed by atoms with Crippen LogP contribution in [0.15, 0.2) is 36.9 Å². The molecule has 0 saturated carbocycles. The van der Waals surface area contributed by atoms with E-state index in [0.717, 1.165) is 31.8 Å². The van der Waals surface area contributed by atoms with Crippen molar-refractivity contribution in [1.82, 2.24) is 14.9 Å². The largest absolute Gasteiger partial charge is 0.496 e. The molecule has 0 aliphatic heterocycles. The predicted molar refractivity (Wildman–Crippen MR) is 76.3 cm³/mol. The fourth-order valence-electron chi connectivity index (χ4n) is 2.09. The lowest BCUT2D eigenvalue weighted by Crippen LogP contribution is -2.16. The van der Waals surface area contributed by atoms with E-state index in [1.165, 1.54) is 11.1 Å². The number of aryl methyl sites for hydroxylation is 2. The summed E-state index contributed by atoms with van der Waals surface area (Å²) < 4.78 is 7.35. The Hall–Kier alpha value is -1.81. The van der Waals surface area contributed by atoms with Crippen LogP contribution in [0, 0.1) is 6.92 Å². The Balaban J connectivity index is 1.69. The van der Waals surface area contributed by atoms with E-state index in [4.69, 9.17) is 4.74 Å². The number of benzene rings is 1. The van der Waals surface area contributed by atoms with E-state index in [2.05, 4.69) is 33.9 Å². The molecule has 19 heavy (non-hydrogen) atoms. The molecule has 0 fully saturated rings. The molecule has 102 valence electrons. The second-order valence-electron chi connectivity index (χ2n) is 4.63. The summed E-state index contributed by atoms with van der Waals surface area (Å²) in [4.78, 5) is 4.03. The summed E-state index contributed by atoms with van der Waals surface area (Å²) >= 11 is 0. The standard InChI is InChI=1S/C15H21N3O/c1-13-10-14(4-5-15(13)19-2)11-16-6-3-8-18-9-7-17-12-18/h4-5,7,9-10,12,16H,3,6,8,11H2,1-2H3. The van der Waals surface area contributed by atoms with Crippen LogP contribution in [-0.2, 0) is 13.1 Å². The minimum atomic E-state index is 0.898. The number of hydrogen-bond acceptors (Lipinski definition) is 3. The Morgan fingerprint density at radius 3 is 2.95 bits per heavy atom. The quantitative estimate of drug-likeness (QED) is 0.776. The molecule has 0 atom stereocenters. The van der Waals surface area contributed by atoms with E-state index in [1.54, 1.807) is 7.11 Å². The number of methoxy groups -OCH3 is 1. The van der Waals surface area contributed by atoms with Crippen LogP contribution < -0.4 is 10.1 Å². The minimum absolute atomic E-state index is 0.898. The molecule has 0 aliphatic rings. The van der Waals surface area contributed by atoms with Crippen molar-refractivity contribution in [2.45, 2.75) is 26.4 Å². The van der Waals surface area contributed by atoms with Crippen molar-refractivity contribution >= 4 is 0 Å². The fourth-order valence-corrected chi connectivity index (χ4v) is 2.09. The highest BCUT2D eigenvalue weighted by molar-refractivity contribution is 5.36. The molecule has 1 N–H and O–H groups in total. The molecule has 1 aromatic heterocycles. The van der Waals surface area contributed by atoms with Crippen molar-refractivity contribution in [2.75, 3.05) is 13.7 Å². The van der Waals surface area contributed by atoms with Gasteiger partial charge in [-0.2, -0.15) is 0 Å². The normalized spacial score (nSPS) is 10.6. The third-order valence-corrected chi connectivity index (χ3v) is 3.12. The molecule has 0 bridgehead atoms. The van der Waals surface area contributed by atoms with Gasteiger partial charge >= 0.3 is 0 Å². The molecule has 4 nitrogen and oxygen atoms in total. The van der Waals surface area contributed by atoms with Gasteiger partial charge in [0.05, 0.1) is 13.4 Å². The highest BCUT2D eigenvalue weighted by atomic mass is 16.5. The SMILES string of the molecule is COc1ccc(CNCCCn2ccnc2)cc1C. The summed E-state index contributed by atoms with van der Waals surface area (Å²) in [7, 11) is 1.70. The van der Waals surface area contributed by atoms with E-state index >= 15 is 0 Å². The fraction of sp³-hybridized carbons (Fsp3) is 0.400. The van der Waals surface area contributed by atoms with Gasteiger partial charge in [-0.05, 0) is 37.1 Å². The van der Waals surface area contributed by atoms with Gasteiger partial charge in [0.2, 0.25) is 0 Å². The monoisotopic (exact) mass is 259 g/mol. The molecular weight excluding hydrogens is 238 g/mol. The number of hydrogen-bond donors (Lipinski definition) is 1. The zero-order chi connectivity index (χ0) is 13.5. The molecule has 0 aliphatic carbocycles. The Kier molecular flexibility index (Phi) is 4.98. The number of imidazole rings is 1. The third-order valence-electron chi connectivity index (χ3n) is 3.12. The van der Waals surface area contributed by atoms with E-state index in [-0.39, 0.29) is 0 Å². The molecule has 0 amide bonds. The van der Waals surface area contributed by atoms with Gasteiger partial charge in [0.25, 0.3) is 0 Å². The van der Waals surface area contributed by atoms with E-state index in [9.17, 15) is 0 Å². The van der Waals surface area contributed by atoms with Crippen LogP contribution in [0.1, 0.15) is 17.5 Å². The first-order chi connectivity index (χ1) is 9.29. The smallest absolute Gasteiger partial charge is 0.121 e. The van der Waals surface area contributed by atoms with Crippen LogP contribution >= 0.6 is 0 Å². The van der Waals surface area contributed by atoms with Crippen molar-refractivity contribution in [3.05, 3.63) is 48.0 Å². The lowest BCUT2D eigenvalue weighted by atomic mass is 10.1. The lowest BCUT2D eigenvalue weighted by Gasteiger charge is -2.09. The Labute approximate surface area is 114 Å². The summed E-state index contributed by atoms with van der Waals surface area (Å²) in [5.41, 5.74) is 2.47. The predicted octanol–water partition coefficient (Wildman–Crippen LogP) is 2.38. The van der Waals surface area contributed by atoms with Crippen LogP contribution in [0.25, 0.3) is 0 Å². The Morgan fingerprint density at radius 2 is 2.26 bits per heavy atom. The molecule has 0 spiro atoms. The molecule has 1 aromatic carbocycles. The summed E-state index contributed by atoms with van der Waals surface area (Å²) in [5, 5.41) is 3.45. The summed E-state index contributed by atoms with van der Waals surface area (Å²) in [5.74, 6) is 0.948. The maximum absolute atomic E-state index is 5.26. The lowest BCUT2D eigenvalue weighted by molar-refractivity contribution is 0.411. The Morgan fingerprint density at radius 1 is 1.37 bits per heavy atom. The minimum Gasteiger partial charge on any atom is -0.496 e. The molecule has 0 saturated heterocycles. The van der Waals surface area contributed by atoms with Gasteiger partial charge in [0.1, 0.15) is 5.75 Å². The van der Waals surface area contributed by atoms with Crippen molar-refractivity contribution in [2.24, 2.45) is 0 Å². The van der Waals surface area contributed by atoms with Crippen molar-refractivity contribution in [1.29, 1.82) is 0 Å². The average molecular weight is 259 g/mol. The number of ether oxygens (including phenoxy) is 1. The molecule has 0 radical (unpaired) electrons. The van der Waals surface area contributed by atoms with Gasteiger partial charge in [-0.25, -0.2) is 4.98 Å². The molecule has 2 rings (SSSR count).